The van der Waals surface area contributed by atoms with Crippen molar-refractivity contribution in [3.8, 4) is 22.9 Å². The molecule has 4 aromatic rings. The first-order valence-electron chi connectivity index (χ1n) is 13.7. The van der Waals surface area contributed by atoms with Gasteiger partial charge in [0.1, 0.15) is 17.8 Å². The number of fused-ring (bicyclic) bond motifs is 5. The number of halogens is 1. The molecule has 1 aliphatic carbocycles. The predicted molar refractivity (Wildman–Crippen MR) is 153 cm³/mol. The number of hydrogen-bond donors (Lipinski definition) is 3. The maximum atomic E-state index is 16.8. The molecule has 2 amide bonds. The van der Waals surface area contributed by atoms with Crippen LogP contribution < -0.4 is 20.9 Å². The van der Waals surface area contributed by atoms with Gasteiger partial charge in [0.2, 0.25) is 11.8 Å². The molecule has 41 heavy (non-hydrogen) atoms. The van der Waals surface area contributed by atoms with Crippen LogP contribution in [-0.2, 0) is 16.0 Å². The molecule has 9 nitrogen and oxygen atoms in total. The second kappa shape index (κ2) is 9.42. The van der Waals surface area contributed by atoms with Crippen LogP contribution in [0.5, 0.6) is 5.75 Å². The van der Waals surface area contributed by atoms with Crippen molar-refractivity contribution in [3.05, 3.63) is 60.0 Å². The number of rotatable bonds is 6. The van der Waals surface area contributed by atoms with Crippen molar-refractivity contribution in [2.45, 2.75) is 31.3 Å². The van der Waals surface area contributed by atoms with E-state index in [1.54, 1.807) is 6.07 Å². The first kappa shape index (κ1) is 25.2. The number of carbonyl (C=O) groups is 2. The highest BCUT2D eigenvalue weighted by atomic mass is 19.1. The van der Waals surface area contributed by atoms with Gasteiger partial charge in [-0.3, -0.25) is 19.5 Å². The third kappa shape index (κ3) is 3.88. The van der Waals surface area contributed by atoms with E-state index < -0.39 is 11.7 Å². The Bertz CT molecular complexity index is 1800. The van der Waals surface area contributed by atoms with Crippen LogP contribution in [-0.4, -0.2) is 53.6 Å². The second-order valence-electron chi connectivity index (χ2n) is 11.1. The molecule has 8 rings (SSSR count). The molecular weight excluding hydrogens is 523 g/mol. The highest BCUT2D eigenvalue weighted by Gasteiger charge is 2.52. The number of primary amides is 1. The molecule has 3 atom stereocenters. The van der Waals surface area contributed by atoms with Crippen molar-refractivity contribution in [1.29, 1.82) is 5.26 Å². The summed E-state index contributed by atoms with van der Waals surface area (Å²) in [5.74, 6) is -1.14. The summed E-state index contributed by atoms with van der Waals surface area (Å²) in [5, 5.41) is 25.5. The van der Waals surface area contributed by atoms with Crippen molar-refractivity contribution in [2.24, 2.45) is 11.7 Å². The van der Waals surface area contributed by atoms with E-state index in [1.807, 2.05) is 35.2 Å². The van der Waals surface area contributed by atoms with Gasteiger partial charge in [-0.25, -0.2) is 4.39 Å². The molecule has 2 saturated heterocycles. The Kier molecular flexibility index (Phi) is 5.80. The standard InChI is InChI=1S/C31H27FN6O3/c32-28-27(21-11-19(39)8-16-4-1-2-6-20(16)21)17(5-3-7-33)9-22-29(28)36-13-24-31(22)38(30-18-10-23(30)35-12-18)15-26(41)37(24)14-25(34)40/h1-2,4,6,8-9,11,13,18,23,30,35,39H,3,5,10,12,14-15H2,(H2,34,40). The summed E-state index contributed by atoms with van der Waals surface area (Å²) in [6.45, 7) is 0.576. The molecule has 206 valence electrons. The van der Waals surface area contributed by atoms with Gasteiger partial charge >= 0.3 is 0 Å². The zero-order valence-corrected chi connectivity index (χ0v) is 22.1. The van der Waals surface area contributed by atoms with Gasteiger partial charge in [0.15, 0.2) is 5.82 Å². The molecular formula is C31H27FN6O3. The Hall–Kier alpha value is -4.75. The number of phenolic OH excluding ortho intramolecular Hbond substituents is 1. The van der Waals surface area contributed by atoms with Gasteiger partial charge in [-0.05, 0) is 58.9 Å². The molecule has 3 fully saturated rings. The predicted octanol–water partition coefficient (Wildman–Crippen LogP) is 3.35. The van der Waals surface area contributed by atoms with E-state index in [0.717, 1.165) is 23.7 Å². The van der Waals surface area contributed by atoms with Crippen LogP contribution in [0.1, 0.15) is 18.4 Å². The summed E-state index contributed by atoms with van der Waals surface area (Å²) < 4.78 is 16.8. The van der Waals surface area contributed by atoms with Crippen LogP contribution in [0, 0.1) is 23.1 Å². The summed E-state index contributed by atoms with van der Waals surface area (Å²) >= 11 is 0. The first-order valence-corrected chi connectivity index (χ1v) is 13.7. The number of aryl methyl sites for hydroxylation is 1. The lowest BCUT2D eigenvalue weighted by Crippen LogP contribution is -2.60. The number of phenols is 1. The van der Waals surface area contributed by atoms with E-state index in [2.05, 4.69) is 16.4 Å². The molecule has 3 unspecified atom stereocenters. The van der Waals surface area contributed by atoms with Gasteiger partial charge in [-0.1, -0.05) is 24.3 Å². The van der Waals surface area contributed by atoms with Crippen LogP contribution in [0.4, 0.5) is 15.8 Å². The van der Waals surface area contributed by atoms with Crippen LogP contribution in [0.15, 0.2) is 48.7 Å². The van der Waals surface area contributed by atoms with E-state index in [4.69, 9.17) is 5.73 Å². The minimum atomic E-state index is -0.657. The Morgan fingerprint density at radius 1 is 1.24 bits per heavy atom. The Balaban J connectivity index is 1.51. The molecule has 4 heterocycles. The number of pyridine rings is 1. The number of nitrogens with two attached hydrogens (primary N) is 1. The normalized spacial score (nSPS) is 21.2. The zero-order valence-electron chi connectivity index (χ0n) is 22.1. The van der Waals surface area contributed by atoms with Crippen molar-refractivity contribution < 1.29 is 19.1 Å². The molecule has 0 radical (unpaired) electrons. The molecule has 4 aliphatic rings. The Labute approximate surface area is 235 Å². The number of anilines is 2. The molecule has 2 bridgehead atoms. The number of nitrogens with one attached hydrogen (secondary N) is 1. The van der Waals surface area contributed by atoms with Crippen LogP contribution in [0.3, 0.4) is 0 Å². The SMILES string of the molecule is N#CCCc1cc2c3c(cnc2c(F)c1-c1cc(O)cc2ccccc12)N(CC(N)=O)C(=O)CN3C1C2CNC1C2. The van der Waals surface area contributed by atoms with Crippen molar-refractivity contribution in [1.82, 2.24) is 10.3 Å². The third-order valence-electron chi connectivity index (χ3n) is 8.71. The lowest BCUT2D eigenvalue weighted by atomic mass is 9.78. The van der Waals surface area contributed by atoms with E-state index in [-0.39, 0.29) is 60.8 Å². The fourth-order valence-corrected chi connectivity index (χ4v) is 6.95. The average molecular weight is 551 g/mol. The van der Waals surface area contributed by atoms with Gasteiger partial charge in [-0.2, -0.15) is 5.26 Å². The fourth-order valence-electron chi connectivity index (χ4n) is 6.95. The van der Waals surface area contributed by atoms with Gasteiger partial charge in [-0.15, -0.1) is 0 Å². The second-order valence-corrected chi connectivity index (χ2v) is 11.1. The maximum Gasteiger partial charge on any atom is 0.247 e. The van der Waals surface area contributed by atoms with Crippen LogP contribution in [0.25, 0.3) is 32.8 Å². The highest BCUT2D eigenvalue weighted by molar-refractivity contribution is 6.13. The Morgan fingerprint density at radius 2 is 2.07 bits per heavy atom. The van der Waals surface area contributed by atoms with Crippen LogP contribution >= 0.6 is 0 Å². The molecule has 0 spiro atoms. The molecule has 4 N–H and O–H groups in total. The minimum Gasteiger partial charge on any atom is -0.508 e. The van der Waals surface area contributed by atoms with Gasteiger partial charge in [0, 0.05) is 36.0 Å². The summed E-state index contributed by atoms with van der Waals surface area (Å²) in [5.41, 5.74) is 8.06. The average Bonchev–Trinajstić information content (AvgIpc) is 3.59. The number of hydrogen-bond acceptors (Lipinski definition) is 7. The molecule has 10 heteroatoms. The van der Waals surface area contributed by atoms with E-state index in [1.165, 1.54) is 17.2 Å². The lowest BCUT2D eigenvalue weighted by molar-refractivity contribution is -0.121. The summed E-state index contributed by atoms with van der Waals surface area (Å²) in [4.78, 5) is 33.1. The summed E-state index contributed by atoms with van der Waals surface area (Å²) in [7, 11) is 0. The number of nitriles is 1. The molecule has 3 aromatic carbocycles. The largest absolute Gasteiger partial charge is 0.508 e. The third-order valence-corrected chi connectivity index (χ3v) is 8.71. The first-order chi connectivity index (χ1) is 19.9. The van der Waals surface area contributed by atoms with Gasteiger partial charge < -0.3 is 21.1 Å². The van der Waals surface area contributed by atoms with E-state index >= 15 is 4.39 Å². The topological polar surface area (TPSA) is 136 Å². The molecule has 3 aliphatic heterocycles. The van der Waals surface area contributed by atoms with Crippen molar-refractivity contribution in [2.75, 3.05) is 29.4 Å². The van der Waals surface area contributed by atoms with Gasteiger partial charge in [0.05, 0.1) is 30.2 Å². The van der Waals surface area contributed by atoms with E-state index in [9.17, 15) is 20.0 Å². The maximum absolute atomic E-state index is 16.8. The quantitative estimate of drug-likeness (QED) is 0.335. The molecule has 1 saturated carbocycles. The number of benzene rings is 3. The highest BCUT2D eigenvalue weighted by Crippen LogP contribution is 2.48. The number of aromatic nitrogens is 1. The number of aromatic hydroxyl groups is 1. The summed E-state index contributed by atoms with van der Waals surface area (Å²) in [6, 6.07) is 14.9. The Morgan fingerprint density at radius 3 is 2.80 bits per heavy atom. The van der Waals surface area contributed by atoms with E-state index in [0.29, 0.717) is 33.8 Å². The van der Waals surface area contributed by atoms with Crippen LogP contribution in [0.2, 0.25) is 0 Å². The lowest BCUT2D eigenvalue weighted by Gasteiger charge is -2.48. The van der Waals surface area contributed by atoms with Crippen molar-refractivity contribution in [3.63, 3.8) is 0 Å². The number of nitrogens with zero attached hydrogens (tertiary/aromatic N) is 4. The summed E-state index contributed by atoms with van der Waals surface area (Å²) in [6.07, 6.45) is 2.88. The monoisotopic (exact) mass is 550 g/mol. The molecule has 1 aromatic heterocycles. The zero-order chi connectivity index (χ0) is 28.4. The van der Waals surface area contributed by atoms with Crippen molar-refractivity contribution >= 4 is 44.9 Å². The number of carbonyl (C=O) groups excluding carboxylic acids is 2. The minimum absolute atomic E-state index is 0.00238. The number of amides is 2. The fraction of sp³-hybridized carbons (Fsp3) is 0.290. The smallest absolute Gasteiger partial charge is 0.247 e. The van der Waals surface area contributed by atoms with Gasteiger partial charge in [0.25, 0.3) is 0 Å².